The van der Waals surface area contributed by atoms with Crippen molar-refractivity contribution >= 4 is 11.9 Å². The normalized spacial score (nSPS) is 11.2. The molecule has 0 aliphatic heterocycles. The van der Waals surface area contributed by atoms with E-state index in [1.807, 2.05) is 0 Å². The fraction of sp³-hybridized carbons (Fsp3) is 0.750. The summed E-state index contributed by atoms with van der Waals surface area (Å²) < 4.78 is 0. The van der Waals surface area contributed by atoms with Crippen molar-refractivity contribution in [1.82, 2.24) is 5.32 Å². The Balaban J connectivity index is 0. The molecule has 8 nitrogen and oxygen atoms in total. The van der Waals surface area contributed by atoms with Gasteiger partial charge >= 0.3 is 11.9 Å². The van der Waals surface area contributed by atoms with Crippen LogP contribution in [0.4, 0.5) is 0 Å². The van der Waals surface area contributed by atoms with Crippen LogP contribution in [-0.2, 0) is 9.59 Å². The van der Waals surface area contributed by atoms with E-state index in [9.17, 15) is 9.59 Å². The maximum Gasteiger partial charge on any atom is 0.321 e. The monoisotopic (exact) mass is 236 g/mol. The highest BCUT2D eigenvalue weighted by molar-refractivity contribution is 5.80. The van der Waals surface area contributed by atoms with Gasteiger partial charge in [0.15, 0.2) is 0 Å². The van der Waals surface area contributed by atoms with E-state index in [2.05, 4.69) is 5.32 Å². The van der Waals surface area contributed by atoms with Crippen LogP contribution in [0.2, 0.25) is 0 Å². The molecule has 0 aromatic heterocycles. The zero-order valence-electron chi connectivity index (χ0n) is 9.06. The summed E-state index contributed by atoms with van der Waals surface area (Å²) >= 11 is 0. The molecule has 0 aromatic rings. The van der Waals surface area contributed by atoms with E-state index in [-0.39, 0.29) is 0 Å². The Morgan fingerprint density at radius 1 is 1.12 bits per heavy atom. The van der Waals surface area contributed by atoms with Gasteiger partial charge in [0.2, 0.25) is 0 Å². The van der Waals surface area contributed by atoms with Crippen molar-refractivity contribution in [2.75, 3.05) is 26.2 Å². The summed E-state index contributed by atoms with van der Waals surface area (Å²) in [7, 11) is 0. The summed E-state index contributed by atoms with van der Waals surface area (Å²) in [6.07, 6.45) is -0.532. The Bertz CT molecular complexity index is 196. The predicted octanol–water partition coefficient (Wildman–Crippen LogP) is -2.63. The van der Waals surface area contributed by atoms with Gasteiger partial charge < -0.3 is 32.7 Å². The lowest BCUT2D eigenvalue weighted by Gasteiger charge is -1.99. The van der Waals surface area contributed by atoms with Gasteiger partial charge in [-0.05, 0) is 0 Å². The summed E-state index contributed by atoms with van der Waals surface area (Å²) in [5, 5.41) is 19.1. The number of nitrogens with one attached hydrogen (secondary N) is 1. The zero-order valence-corrected chi connectivity index (χ0v) is 9.06. The molecule has 0 rings (SSSR count). The van der Waals surface area contributed by atoms with Gasteiger partial charge in [-0.25, -0.2) is 0 Å². The van der Waals surface area contributed by atoms with E-state index in [1.165, 1.54) is 0 Å². The minimum absolute atomic E-state index is 0.532. The van der Waals surface area contributed by atoms with Crippen LogP contribution in [0.25, 0.3) is 0 Å². The molecule has 9 N–H and O–H groups in total. The van der Waals surface area contributed by atoms with Crippen molar-refractivity contribution in [2.24, 2.45) is 17.2 Å². The number of rotatable bonds is 7. The van der Waals surface area contributed by atoms with E-state index >= 15 is 0 Å². The van der Waals surface area contributed by atoms with Crippen molar-refractivity contribution in [3.05, 3.63) is 0 Å². The van der Waals surface area contributed by atoms with Crippen LogP contribution in [0.1, 0.15) is 6.42 Å². The first kappa shape index (κ1) is 17.2. The highest BCUT2D eigenvalue weighted by atomic mass is 16.4. The summed E-state index contributed by atoms with van der Waals surface area (Å²) in [4.78, 5) is 19.6. The molecule has 0 saturated carbocycles. The van der Waals surface area contributed by atoms with Crippen molar-refractivity contribution in [3.8, 4) is 0 Å². The van der Waals surface area contributed by atoms with Crippen LogP contribution in [-0.4, -0.2) is 54.4 Å². The Morgan fingerprint density at radius 3 is 1.75 bits per heavy atom. The molecule has 16 heavy (non-hydrogen) atoms. The zero-order chi connectivity index (χ0) is 13.0. The van der Waals surface area contributed by atoms with E-state index in [0.717, 1.165) is 13.1 Å². The van der Waals surface area contributed by atoms with Gasteiger partial charge in [-0.3, -0.25) is 9.59 Å². The maximum absolute atomic E-state index is 9.85. The average molecular weight is 236 g/mol. The SMILES string of the molecule is NCCNCCN.N[C@@H](CC(=O)O)C(=O)O. The molecule has 0 aliphatic carbocycles. The maximum atomic E-state index is 9.85. The van der Waals surface area contributed by atoms with Crippen LogP contribution in [0.5, 0.6) is 0 Å². The molecule has 0 aromatic carbocycles. The Kier molecular flexibility index (Phi) is 12.7. The molecule has 0 unspecified atom stereocenters. The summed E-state index contributed by atoms with van der Waals surface area (Å²) in [5.74, 6) is -2.50. The molecule has 0 aliphatic rings. The van der Waals surface area contributed by atoms with Crippen molar-refractivity contribution in [1.29, 1.82) is 0 Å². The third kappa shape index (κ3) is 15.3. The minimum Gasteiger partial charge on any atom is -0.481 e. The highest BCUT2D eigenvalue weighted by Gasteiger charge is 2.14. The average Bonchev–Trinajstić information content (AvgIpc) is 2.18. The Hall–Kier alpha value is -1.22. The Labute approximate surface area is 93.8 Å². The molecule has 0 fully saturated rings. The number of hydrogen-bond acceptors (Lipinski definition) is 6. The molecule has 0 heterocycles. The summed E-state index contributed by atoms with van der Waals surface area (Å²) in [6.45, 7) is 3.13. The molecule has 8 heteroatoms. The van der Waals surface area contributed by atoms with Crippen molar-refractivity contribution < 1.29 is 19.8 Å². The lowest BCUT2D eigenvalue weighted by Crippen LogP contribution is -2.32. The third-order valence-electron chi connectivity index (χ3n) is 1.35. The van der Waals surface area contributed by atoms with Gasteiger partial charge in [0.05, 0.1) is 6.42 Å². The molecular formula is C8H20N4O4. The molecule has 0 bridgehead atoms. The summed E-state index contributed by atoms with van der Waals surface area (Å²) in [6, 6.07) is -1.29. The second-order valence-electron chi connectivity index (χ2n) is 2.87. The molecule has 0 amide bonds. The molecule has 0 radical (unpaired) electrons. The van der Waals surface area contributed by atoms with Gasteiger partial charge in [0, 0.05) is 26.2 Å². The van der Waals surface area contributed by atoms with Gasteiger partial charge in [-0.15, -0.1) is 0 Å². The smallest absolute Gasteiger partial charge is 0.321 e. The molecule has 1 atom stereocenters. The standard InChI is InChI=1S/C4H13N3.C4H7NO4/c5-1-3-7-4-2-6;5-2(4(8)9)1-3(6)7/h7H,1-6H2;2H,1,5H2,(H,6,7)(H,8,9)/t;2-/m.0/s1. The molecular weight excluding hydrogens is 216 g/mol. The van der Waals surface area contributed by atoms with Crippen molar-refractivity contribution in [2.45, 2.75) is 12.5 Å². The van der Waals surface area contributed by atoms with E-state index in [0.29, 0.717) is 13.1 Å². The van der Waals surface area contributed by atoms with Gasteiger partial charge in [0.1, 0.15) is 6.04 Å². The van der Waals surface area contributed by atoms with Gasteiger partial charge in [-0.2, -0.15) is 0 Å². The number of carbonyl (C=O) groups is 2. The quantitative estimate of drug-likeness (QED) is 0.261. The number of aliphatic carboxylic acids is 2. The third-order valence-corrected chi connectivity index (χ3v) is 1.35. The first-order valence-electron chi connectivity index (χ1n) is 4.76. The second-order valence-corrected chi connectivity index (χ2v) is 2.87. The Morgan fingerprint density at radius 2 is 1.56 bits per heavy atom. The largest absolute Gasteiger partial charge is 0.481 e. The topological polar surface area (TPSA) is 165 Å². The fourth-order valence-electron chi connectivity index (χ4n) is 0.605. The van der Waals surface area contributed by atoms with E-state index < -0.39 is 24.4 Å². The van der Waals surface area contributed by atoms with E-state index in [4.69, 9.17) is 27.4 Å². The minimum atomic E-state index is -1.29. The predicted molar refractivity (Wildman–Crippen MR) is 58.8 cm³/mol. The van der Waals surface area contributed by atoms with Crippen LogP contribution in [0.15, 0.2) is 0 Å². The van der Waals surface area contributed by atoms with Crippen LogP contribution < -0.4 is 22.5 Å². The summed E-state index contributed by atoms with van der Waals surface area (Å²) in [5.41, 5.74) is 15.2. The number of hydrogen-bond donors (Lipinski definition) is 6. The highest BCUT2D eigenvalue weighted by Crippen LogP contribution is 1.86. The molecule has 0 spiro atoms. The number of carboxylic acid groups (broad SMARTS) is 2. The molecule has 0 saturated heterocycles. The van der Waals surface area contributed by atoms with Crippen LogP contribution in [0, 0.1) is 0 Å². The number of carboxylic acids is 2. The van der Waals surface area contributed by atoms with Gasteiger partial charge in [0.25, 0.3) is 0 Å². The fourth-order valence-corrected chi connectivity index (χ4v) is 0.605. The lowest BCUT2D eigenvalue weighted by atomic mass is 10.2. The molecule has 96 valence electrons. The van der Waals surface area contributed by atoms with E-state index in [1.54, 1.807) is 0 Å². The van der Waals surface area contributed by atoms with Gasteiger partial charge in [-0.1, -0.05) is 0 Å². The lowest BCUT2D eigenvalue weighted by molar-refractivity contribution is -0.144. The first-order valence-corrected chi connectivity index (χ1v) is 4.76. The van der Waals surface area contributed by atoms with Crippen LogP contribution in [0.3, 0.4) is 0 Å². The second kappa shape index (κ2) is 11.9. The van der Waals surface area contributed by atoms with Crippen molar-refractivity contribution in [3.63, 3.8) is 0 Å². The first-order chi connectivity index (χ1) is 7.45. The number of nitrogens with two attached hydrogens (primary N) is 3. The van der Waals surface area contributed by atoms with Crippen LogP contribution >= 0.6 is 0 Å².